The van der Waals surface area contributed by atoms with Crippen molar-refractivity contribution in [1.82, 2.24) is 19.6 Å². The van der Waals surface area contributed by atoms with Crippen LogP contribution in [0.25, 0.3) is 0 Å². The number of carbonyl (C=O) groups is 1. The minimum Gasteiger partial charge on any atom is -0.497 e. The largest absolute Gasteiger partial charge is 0.497 e. The lowest BCUT2D eigenvalue weighted by molar-refractivity contribution is -0.141. The zero-order valence-electron chi connectivity index (χ0n) is 16.9. The third-order valence-corrected chi connectivity index (χ3v) is 4.77. The van der Waals surface area contributed by atoms with Gasteiger partial charge >= 0.3 is 12.1 Å². The highest BCUT2D eigenvalue weighted by molar-refractivity contribution is 5.87. The van der Waals surface area contributed by atoms with Crippen LogP contribution in [0.1, 0.15) is 46.0 Å². The quantitative estimate of drug-likeness (QED) is 0.568. The Morgan fingerprint density at radius 2 is 1.80 bits per heavy atom. The number of hydrogen-bond acceptors (Lipinski definition) is 5. The maximum Gasteiger partial charge on any atom is 0.435 e. The molecule has 2 aromatic heterocycles. The van der Waals surface area contributed by atoms with E-state index in [-0.39, 0.29) is 12.2 Å². The second-order valence-electron chi connectivity index (χ2n) is 6.75. The van der Waals surface area contributed by atoms with Crippen molar-refractivity contribution in [2.45, 2.75) is 25.6 Å². The molecule has 0 saturated heterocycles. The van der Waals surface area contributed by atoms with E-state index in [0.717, 1.165) is 11.6 Å². The summed E-state index contributed by atoms with van der Waals surface area (Å²) in [4.78, 5) is 11.8. The third-order valence-electron chi connectivity index (χ3n) is 4.77. The van der Waals surface area contributed by atoms with E-state index in [1.165, 1.54) is 29.6 Å². The van der Waals surface area contributed by atoms with Gasteiger partial charge in [-0.25, -0.2) is 4.79 Å². The summed E-state index contributed by atoms with van der Waals surface area (Å²) in [5.74, 6) is -0.477. The number of nitrogens with zero attached hydrogens (tertiary/aromatic N) is 4. The summed E-state index contributed by atoms with van der Waals surface area (Å²) in [6.07, 6.45) is -4.58. The Balaban J connectivity index is 1.99. The molecule has 0 aliphatic rings. The predicted molar refractivity (Wildman–Crippen MR) is 101 cm³/mol. The van der Waals surface area contributed by atoms with Crippen molar-refractivity contribution in [3.05, 3.63) is 64.7 Å². The summed E-state index contributed by atoms with van der Waals surface area (Å²) < 4.78 is 52.5. The number of aryl methyl sites for hydroxylation is 1. The van der Waals surface area contributed by atoms with Crippen molar-refractivity contribution in [3.8, 4) is 5.75 Å². The van der Waals surface area contributed by atoms with E-state index in [4.69, 9.17) is 9.47 Å². The number of halogens is 3. The topological polar surface area (TPSA) is 71.2 Å². The van der Waals surface area contributed by atoms with Crippen LogP contribution in [0.2, 0.25) is 0 Å². The highest BCUT2D eigenvalue weighted by Crippen LogP contribution is 2.33. The van der Waals surface area contributed by atoms with Gasteiger partial charge in [-0.15, -0.1) is 0 Å². The highest BCUT2D eigenvalue weighted by atomic mass is 19.4. The molecule has 3 aromatic rings. The van der Waals surface area contributed by atoms with Gasteiger partial charge in [0.2, 0.25) is 0 Å². The first-order valence-electron chi connectivity index (χ1n) is 9.04. The average molecular weight is 422 g/mol. The van der Waals surface area contributed by atoms with Crippen molar-refractivity contribution in [1.29, 1.82) is 0 Å². The molecule has 1 atom stereocenters. The first-order valence-corrected chi connectivity index (χ1v) is 9.04. The number of rotatable bonds is 6. The molecule has 1 aromatic carbocycles. The number of ether oxygens (including phenoxy) is 2. The van der Waals surface area contributed by atoms with Crippen molar-refractivity contribution in [2.75, 3.05) is 14.2 Å². The number of esters is 1. The van der Waals surface area contributed by atoms with Crippen LogP contribution in [0.15, 0.2) is 36.4 Å². The van der Waals surface area contributed by atoms with E-state index in [0.29, 0.717) is 17.1 Å². The minimum atomic E-state index is -4.58. The zero-order valence-corrected chi connectivity index (χ0v) is 16.9. The van der Waals surface area contributed by atoms with E-state index >= 15 is 0 Å². The monoisotopic (exact) mass is 422 g/mol. The minimum absolute atomic E-state index is 0.135. The zero-order chi connectivity index (χ0) is 22.1. The van der Waals surface area contributed by atoms with Gasteiger partial charge in [0.25, 0.3) is 0 Å². The summed E-state index contributed by atoms with van der Waals surface area (Å²) >= 11 is 0. The third kappa shape index (κ3) is 4.32. The number of carbonyl (C=O) groups excluding carboxylic acids is 1. The van der Waals surface area contributed by atoms with Crippen LogP contribution >= 0.6 is 0 Å². The molecule has 0 aliphatic heterocycles. The predicted octanol–water partition coefficient (Wildman–Crippen LogP) is 3.63. The van der Waals surface area contributed by atoms with Gasteiger partial charge < -0.3 is 9.47 Å². The molecule has 0 radical (unpaired) electrons. The first-order chi connectivity index (χ1) is 14.1. The van der Waals surface area contributed by atoms with E-state index in [2.05, 4.69) is 10.2 Å². The van der Waals surface area contributed by atoms with E-state index in [1.807, 2.05) is 0 Å². The molecule has 0 fully saturated rings. The van der Waals surface area contributed by atoms with Gasteiger partial charge in [0, 0.05) is 18.7 Å². The maximum absolute atomic E-state index is 13.3. The van der Waals surface area contributed by atoms with Gasteiger partial charge in [0.15, 0.2) is 5.69 Å². The molecule has 160 valence electrons. The standard InChI is InChI=1S/C20H21F3N4O3/c1-12(15-9-17(19(28)30-4)26(2)24-15)16-10-18(20(21,22)23)25-27(16)11-13-5-7-14(29-3)8-6-13/h5-10,12H,11H2,1-4H3. The van der Waals surface area contributed by atoms with Gasteiger partial charge in [-0.3, -0.25) is 9.36 Å². The normalized spacial score (nSPS) is 12.6. The Kier molecular flexibility index (Phi) is 5.86. The Morgan fingerprint density at radius 1 is 1.13 bits per heavy atom. The summed E-state index contributed by atoms with van der Waals surface area (Å²) in [5.41, 5.74) is 0.742. The summed E-state index contributed by atoms with van der Waals surface area (Å²) in [6, 6.07) is 9.51. The van der Waals surface area contributed by atoms with Crippen LogP contribution in [0.5, 0.6) is 5.75 Å². The molecular weight excluding hydrogens is 401 g/mol. The van der Waals surface area contributed by atoms with Crippen LogP contribution in [-0.4, -0.2) is 39.7 Å². The lowest BCUT2D eigenvalue weighted by Gasteiger charge is -2.13. The highest BCUT2D eigenvalue weighted by Gasteiger charge is 2.36. The SMILES string of the molecule is COC(=O)c1cc(C(C)c2cc(C(F)(F)F)nn2Cc2ccc(OC)cc2)nn1C. The molecule has 0 spiro atoms. The molecule has 30 heavy (non-hydrogen) atoms. The average Bonchev–Trinajstić information content (AvgIpc) is 3.31. The number of aromatic nitrogens is 4. The second-order valence-corrected chi connectivity index (χ2v) is 6.75. The van der Waals surface area contributed by atoms with Crippen molar-refractivity contribution in [3.63, 3.8) is 0 Å². The molecule has 1 unspecified atom stereocenters. The fraction of sp³-hybridized carbons (Fsp3) is 0.350. The molecule has 0 amide bonds. The van der Waals surface area contributed by atoms with Crippen LogP contribution in [-0.2, 0) is 24.5 Å². The Labute approximate surface area is 171 Å². The van der Waals surface area contributed by atoms with E-state index in [1.54, 1.807) is 38.2 Å². The van der Waals surface area contributed by atoms with Gasteiger partial charge in [-0.1, -0.05) is 19.1 Å². The summed E-state index contributed by atoms with van der Waals surface area (Å²) in [5, 5.41) is 8.06. The van der Waals surface area contributed by atoms with Gasteiger partial charge in [-0.05, 0) is 29.8 Å². The Hall–Kier alpha value is -3.30. The van der Waals surface area contributed by atoms with Gasteiger partial charge in [0.05, 0.1) is 26.5 Å². The second kappa shape index (κ2) is 8.21. The lowest BCUT2D eigenvalue weighted by atomic mass is 10.0. The molecule has 0 aliphatic carbocycles. The van der Waals surface area contributed by atoms with Crippen LogP contribution in [0.4, 0.5) is 13.2 Å². The van der Waals surface area contributed by atoms with E-state index in [9.17, 15) is 18.0 Å². The number of benzene rings is 1. The summed E-state index contributed by atoms with van der Waals surface area (Å²) in [7, 11) is 4.35. The Bertz CT molecular complexity index is 1040. The molecule has 0 bridgehead atoms. The smallest absolute Gasteiger partial charge is 0.435 e. The van der Waals surface area contributed by atoms with Gasteiger partial charge in [0.1, 0.15) is 11.4 Å². The first kappa shape index (κ1) is 21.4. The lowest BCUT2D eigenvalue weighted by Crippen LogP contribution is -2.11. The van der Waals surface area contributed by atoms with E-state index < -0.39 is 23.8 Å². The Morgan fingerprint density at radius 3 is 2.37 bits per heavy atom. The molecule has 0 N–H and O–H groups in total. The van der Waals surface area contributed by atoms with Crippen LogP contribution in [0.3, 0.4) is 0 Å². The maximum atomic E-state index is 13.3. The molecule has 7 nitrogen and oxygen atoms in total. The molecule has 10 heteroatoms. The van der Waals surface area contributed by atoms with Crippen molar-refractivity contribution in [2.24, 2.45) is 7.05 Å². The van der Waals surface area contributed by atoms with Crippen molar-refractivity contribution >= 4 is 5.97 Å². The number of methoxy groups -OCH3 is 2. The van der Waals surface area contributed by atoms with Crippen LogP contribution < -0.4 is 4.74 Å². The summed E-state index contributed by atoms with van der Waals surface area (Å²) in [6.45, 7) is 1.85. The molecule has 2 heterocycles. The fourth-order valence-corrected chi connectivity index (χ4v) is 3.10. The molecule has 0 saturated carbocycles. The number of alkyl halides is 3. The van der Waals surface area contributed by atoms with Gasteiger partial charge in [-0.2, -0.15) is 23.4 Å². The van der Waals surface area contributed by atoms with Crippen LogP contribution in [0, 0.1) is 0 Å². The number of hydrogen-bond donors (Lipinski definition) is 0. The molecule has 3 rings (SSSR count). The fourth-order valence-electron chi connectivity index (χ4n) is 3.10. The van der Waals surface area contributed by atoms with Crippen molar-refractivity contribution < 1.29 is 27.4 Å². The molecular formula is C20H21F3N4O3.